The third-order valence-corrected chi connectivity index (χ3v) is 4.03. The molecule has 144 valence electrons. The summed E-state index contributed by atoms with van der Waals surface area (Å²) in [4.78, 5) is 24.3. The van der Waals surface area contributed by atoms with E-state index in [0.29, 0.717) is 28.8 Å². The van der Waals surface area contributed by atoms with Gasteiger partial charge in [-0.1, -0.05) is 17.7 Å². The Kier molecular flexibility index (Phi) is 7.07. The van der Waals surface area contributed by atoms with Gasteiger partial charge in [0.05, 0.1) is 30.0 Å². The zero-order valence-electron chi connectivity index (χ0n) is 15.7. The third kappa shape index (κ3) is 5.37. The third-order valence-electron chi connectivity index (χ3n) is 3.73. The van der Waals surface area contributed by atoms with Gasteiger partial charge in [0.2, 0.25) is 0 Å². The van der Waals surface area contributed by atoms with E-state index in [2.05, 4.69) is 5.32 Å². The van der Waals surface area contributed by atoms with Crippen LogP contribution < -0.4 is 14.8 Å². The van der Waals surface area contributed by atoms with Crippen LogP contribution in [0.25, 0.3) is 0 Å². The summed E-state index contributed by atoms with van der Waals surface area (Å²) in [6.07, 6.45) is 0. The van der Waals surface area contributed by atoms with E-state index in [0.717, 1.165) is 11.1 Å². The lowest BCUT2D eigenvalue weighted by Crippen LogP contribution is -2.21. The number of hydrogen-bond donors (Lipinski definition) is 1. The Morgan fingerprint density at radius 3 is 2.48 bits per heavy atom. The highest BCUT2D eigenvalue weighted by Crippen LogP contribution is 2.29. The van der Waals surface area contributed by atoms with Crippen molar-refractivity contribution in [3.63, 3.8) is 0 Å². The number of ether oxygens (including phenoxy) is 3. The van der Waals surface area contributed by atoms with E-state index >= 15 is 0 Å². The summed E-state index contributed by atoms with van der Waals surface area (Å²) in [7, 11) is 1.51. The number of rotatable bonds is 7. The van der Waals surface area contributed by atoms with Gasteiger partial charge in [-0.05, 0) is 56.2 Å². The number of carbonyl (C=O) groups is 2. The number of benzene rings is 2. The van der Waals surface area contributed by atoms with Gasteiger partial charge < -0.3 is 19.5 Å². The maximum Gasteiger partial charge on any atom is 0.338 e. The number of anilines is 1. The second kappa shape index (κ2) is 9.28. The number of nitrogens with one attached hydrogen (secondary N) is 1. The molecule has 1 amide bonds. The van der Waals surface area contributed by atoms with Crippen LogP contribution in [0.5, 0.6) is 11.5 Å². The zero-order chi connectivity index (χ0) is 20.0. The van der Waals surface area contributed by atoms with Crippen molar-refractivity contribution in [3.8, 4) is 11.5 Å². The van der Waals surface area contributed by atoms with Gasteiger partial charge in [-0.25, -0.2) is 4.79 Å². The largest absolute Gasteiger partial charge is 0.493 e. The van der Waals surface area contributed by atoms with Crippen LogP contribution in [-0.4, -0.2) is 32.2 Å². The Morgan fingerprint density at radius 1 is 1.11 bits per heavy atom. The summed E-state index contributed by atoms with van der Waals surface area (Å²) in [6, 6.07) is 8.33. The van der Waals surface area contributed by atoms with Crippen LogP contribution in [-0.2, 0) is 9.53 Å². The molecule has 2 rings (SSSR count). The average molecular weight is 392 g/mol. The summed E-state index contributed by atoms with van der Waals surface area (Å²) in [5, 5.41) is 3.10. The predicted molar refractivity (Wildman–Crippen MR) is 104 cm³/mol. The number of methoxy groups -OCH3 is 1. The number of halogens is 1. The molecule has 0 fully saturated rings. The van der Waals surface area contributed by atoms with E-state index in [1.54, 1.807) is 18.2 Å². The lowest BCUT2D eigenvalue weighted by atomic mass is 10.1. The Hall–Kier alpha value is -2.73. The predicted octanol–water partition coefficient (Wildman–Crippen LogP) is 4.16. The molecular formula is C20H22ClNO5. The van der Waals surface area contributed by atoms with Crippen molar-refractivity contribution >= 4 is 29.2 Å². The molecule has 0 bridgehead atoms. The second-order valence-electron chi connectivity index (χ2n) is 5.86. The van der Waals surface area contributed by atoms with Gasteiger partial charge in [-0.3, -0.25) is 4.79 Å². The maximum absolute atomic E-state index is 12.2. The fourth-order valence-corrected chi connectivity index (χ4v) is 2.90. The number of amides is 1. The SMILES string of the molecule is CCOc1cc(C(=O)OCC(=O)Nc2c(C)cc(C)cc2Cl)ccc1OC. The molecule has 0 aliphatic heterocycles. The normalized spacial score (nSPS) is 10.3. The van der Waals surface area contributed by atoms with Crippen molar-refractivity contribution in [1.82, 2.24) is 0 Å². The fourth-order valence-electron chi connectivity index (χ4n) is 2.54. The first kappa shape index (κ1) is 20.6. The summed E-state index contributed by atoms with van der Waals surface area (Å²) >= 11 is 6.16. The van der Waals surface area contributed by atoms with Crippen LogP contribution in [0.15, 0.2) is 30.3 Å². The first-order valence-electron chi connectivity index (χ1n) is 8.40. The molecule has 0 spiro atoms. The van der Waals surface area contributed by atoms with Gasteiger partial charge in [-0.15, -0.1) is 0 Å². The van der Waals surface area contributed by atoms with Crippen molar-refractivity contribution < 1.29 is 23.8 Å². The van der Waals surface area contributed by atoms with Crippen LogP contribution in [0, 0.1) is 13.8 Å². The van der Waals surface area contributed by atoms with E-state index in [1.807, 2.05) is 26.8 Å². The summed E-state index contributed by atoms with van der Waals surface area (Å²) in [5.41, 5.74) is 2.59. The number of carbonyl (C=O) groups excluding carboxylic acids is 2. The molecule has 0 radical (unpaired) electrons. The lowest BCUT2D eigenvalue weighted by Gasteiger charge is -2.12. The standard InChI is InChI=1S/C20H22ClNO5/c1-5-26-17-10-14(6-7-16(17)25-4)20(24)27-11-18(23)22-19-13(3)8-12(2)9-15(19)21/h6-10H,5,11H2,1-4H3,(H,22,23). The van der Waals surface area contributed by atoms with Gasteiger partial charge in [0.1, 0.15) is 0 Å². The van der Waals surface area contributed by atoms with Crippen LogP contribution in [0.1, 0.15) is 28.4 Å². The molecule has 0 aromatic heterocycles. The fraction of sp³-hybridized carbons (Fsp3) is 0.300. The number of aryl methyl sites for hydroxylation is 2. The topological polar surface area (TPSA) is 73.9 Å². The second-order valence-corrected chi connectivity index (χ2v) is 6.27. The summed E-state index contributed by atoms with van der Waals surface area (Å²) in [6.45, 7) is 5.57. The Bertz CT molecular complexity index is 827. The van der Waals surface area contributed by atoms with Crippen LogP contribution in [0.2, 0.25) is 5.02 Å². The van der Waals surface area contributed by atoms with E-state index < -0.39 is 18.5 Å². The minimum Gasteiger partial charge on any atom is -0.493 e. The van der Waals surface area contributed by atoms with Gasteiger partial charge >= 0.3 is 5.97 Å². The molecule has 1 N–H and O–H groups in total. The Labute approximate surface area is 163 Å². The number of hydrogen-bond acceptors (Lipinski definition) is 5. The van der Waals surface area contributed by atoms with Gasteiger partial charge in [0, 0.05) is 0 Å². The average Bonchev–Trinajstić information content (AvgIpc) is 2.63. The van der Waals surface area contributed by atoms with Gasteiger partial charge in [0.25, 0.3) is 5.91 Å². The smallest absolute Gasteiger partial charge is 0.338 e. The molecule has 2 aromatic carbocycles. The minimum absolute atomic E-state index is 0.261. The monoisotopic (exact) mass is 391 g/mol. The van der Waals surface area contributed by atoms with Crippen molar-refractivity contribution in [1.29, 1.82) is 0 Å². The summed E-state index contributed by atoms with van der Waals surface area (Å²) < 4.78 is 15.7. The molecule has 7 heteroatoms. The molecule has 0 atom stereocenters. The Morgan fingerprint density at radius 2 is 1.85 bits per heavy atom. The van der Waals surface area contributed by atoms with Crippen LogP contribution in [0.3, 0.4) is 0 Å². The lowest BCUT2D eigenvalue weighted by molar-refractivity contribution is -0.119. The number of esters is 1. The maximum atomic E-state index is 12.2. The van der Waals surface area contributed by atoms with E-state index in [9.17, 15) is 9.59 Å². The molecule has 0 aliphatic carbocycles. The van der Waals surface area contributed by atoms with Crippen molar-refractivity contribution in [2.24, 2.45) is 0 Å². The quantitative estimate of drug-likeness (QED) is 0.717. The highest BCUT2D eigenvalue weighted by Gasteiger charge is 2.15. The van der Waals surface area contributed by atoms with Crippen molar-refractivity contribution in [2.45, 2.75) is 20.8 Å². The first-order chi connectivity index (χ1) is 12.8. The van der Waals surface area contributed by atoms with E-state index in [4.69, 9.17) is 25.8 Å². The zero-order valence-corrected chi connectivity index (χ0v) is 16.5. The highest BCUT2D eigenvalue weighted by atomic mass is 35.5. The van der Waals surface area contributed by atoms with E-state index in [-0.39, 0.29) is 5.56 Å². The van der Waals surface area contributed by atoms with Crippen LogP contribution >= 0.6 is 11.6 Å². The molecule has 0 saturated heterocycles. The first-order valence-corrected chi connectivity index (χ1v) is 8.78. The molecule has 6 nitrogen and oxygen atoms in total. The molecule has 2 aromatic rings. The minimum atomic E-state index is -0.638. The Balaban J connectivity index is 2.01. The summed E-state index contributed by atoms with van der Waals surface area (Å²) in [5.74, 6) is -0.173. The molecule has 0 aliphatic rings. The van der Waals surface area contributed by atoms with Crippen molar-refractivity contribution in [3.05, 3.63) is 52.0 Å². The molecular weight excluding hydrogens is 370 g/mol. The van der Waals surface area contributed by atoms with Crippen LogP contribution in [0.4, 0.5) is 5.69 Å². The van der Waals surface area contributed by atoms with Gasteiger partial charge in [0.15, 0.2) is 18.1 Å². The molecule has 0 unspecified atom stereocenters. The highest BCUT2D eigenvalue weighted by molar-refractivity contribution is 6.34. The van der Waals surface area contributed by atoms with Gasteiger partial charge in [-0.2, -0.15) is 0 Å². The molecule has 0 saturated carbocycles. The van der Waals surface area contributed by atoms with Crippen molar-refractivity contribution in [2.75, 3.05) is 25.6 Å². The molecule has 27 heavy (non-hydrogen) atoms. The molecule has 0 heterocycles. The van der Waals surface area contributed by atoms with E-state index in [1.165, 1.54) is 13.2 Å².